The van der Waals surface area contributed by atoms with Crippen molar-refractivity contribution in [3.05, 3.63) is 29.6 Å². The normalized spacial score (nSPS) is 30.5. The van der Waals surface area contributed by atoms with Gasteiger partial charge < -0.3 is 0 Å². The summed E-state index contributed by atoms with van der Waals surface area (Å²) in [4.78, 5) is 3.19. The Labute approximate surface area is 144 Å². The lowest BCUT2D eigenvalue weighted by atomic mass is 9.69. The molecule has 3 heteroatoms. The summed E-state index contributed by atoms with van der Waals surface area (Å²) in [6.45, 7) is 2.31. The van der Waals surface area contributed by atoms with Crippen LogP contribution in [0.4, 0.5) is 8.78 Å². The standard InChI is InChI=1S/C21H27F2N/c1-2-15-3-8-17(9-4-15)18-10-5-16(6-11-18)7-12-19-13-14-20(22)24-21(19)23/h13-18H,2-6,8-11H2,1H3/t15-,16-,17-,18-. The van der Waals surface area contributed by atoms with Crippen molar-refractivity contribution in [2.24, 2.45) is 23.7 Å². The fourth-order valence-corrected chi connectivity index (χ4v) is 4.49. The van der Waals surface area contributed by atoms with Crippen LogP contribution in [0.1, 0.15) is 70.3 Å². The third-order valence-corrected chi connectivity index (χ3v) is 6.13. The third kappa shape index (κ3) is 4.35. The minimum atomic E-state index is -0.802. The van der Waals surface area contributed by atoms with Gasteiger partial charge in [0.25, 0.3) is 0 Å². The van der Waals surface area contributed by atoms with E-state index in [0.717, 1.165) is 36.7 Å². The van der Waals surface area contributed by atoms with Gasteiger partial charge in [-0.1, -0.05) is 38.0 Å². The molecule has 0 bridgehead atoms. The summed E-state index contributed by atoms with van der Waals surface area (Å²) in [6, 6.07) is 2.54. The predicted molar refractivity (Wildman–Crippen MR) is 92.2 cm³/mol. The SMILES string of the molecule is CC[C@H]1CC[C@H]([C@H]2CC[C@H](C#Cc3ccc(F)nc3F)CC2)CC1. The number of aromatic nitrogens is 1. The Kier molecular flexibility index (Phi) is 5.87. The van der Waals surface area contributed by atoms with Crippen molar-refractivity contribution in [2.45, 2.75) is 64.7 Å². The number of pyridine rings is 1. The molecule has 0 atom stereocenters. The Bertz CT molecular complexity index is 600. The van der Waals surface area contributed by atoms with Crippen LogP contribution in [0.25, 0.3) is 0 Å². The molecule has 0 aromatic carbocycles. The molecule has 1 aromatic rings. The summed E-state index contributed by atoms with van der Waals surface area (Å²) >= 11 is 0. The van der Waals surface area contributed by atoms with Gasteiger partial charge in [0, 0.05) is 5.92 Å². The second-order valence-electron chi connectivity index (χ2n) is 7.54. The molecule has 0 N–H and O–H groups in total. The molecule has 0 amide bonds. The quantitative estimate of drug-likeness (QED) is 0.498. The van der Waals surface area contributed by atoms with Crippen molar-refractivity contribution in [1.82, 2.24) is 4.98 Å². The highest BCUT2D eigenvalue weighted by Crippen LogP contribution is 2.41. The van der Waals surface area contributed by atoms with E-state index < -0.39 is 11.9 Å². The van der Waals surface area contributed by atoms with Crippen LogP contribution in [0, 0.1) is 47.4 Å². The van der Waals surface area contributed by atoms with Crippen LogP contribution in [0.3, 0.4) is 0 Å². The van der Waals surface area contributed by atoms with Gasteiger partial charge in [0.15, 0.2) is 0 Å². The molecule has 2 aliphatic rings. The van der Waals surface area contributed by atoms with Crippen LogP contribution < -0.4 is 0 Å². The van der Waals surface area contributed by atoms with Crippen LogP contribution in [0.15, 0.2) is 12.1 Å². The summed E-state index contributed by atoms with van der Waals surface area (Å²) in [5, 5.41) is 0. The summed E-state index contributed by atoms with van der Waals surface area (Å²) in [7, 11) is 0. The Hall–Kier alpha value is -1.43. The molecule has 24 heavy (non-hydrogen) atoms. The average molecular weight is 331 g/mol. The van der Waals surface area contributed by atoms with Crippen molar-refractivity contribution < 1.29 is 8.78 Å². The number of hydrogen-bond acceptors (Lipinski definition) is 1. The molecule has 0 spiro atoms. The highest BCUT2D eigenvalue weighted by atomic mass is 19.1. The van der Waals surface area contributed by atoms with E-state index in [0.29, 0.717) is 5.92 Å². The maximum Gasteiger partial charge on any atom is 0.231 e. The fourth-order valence-electron chi connectivity index (χ4n) is 4.49. The summed E-state index contributed by atoms with van der Waals surface area (Å²) in [5.41, 5.74) is 0.205. The van der Waals surface area contributed by atoms with E-state index in [1.54, 1.807) is 0 Å². The van der Waals surface area contributed by atoms with Crippen LogP contribution in [0.5, 0.6) is 0 Å². The van der Waals surface area contributed by atoms with Gasteiger partial charge >= 0.3 is 0 Å². The zero-order valence-electron chi connectivity index (χ0n) is 14.5. The van der Waals surface area contributed by atoms with Gasteiger partial charge in [-0.3, -0.25) is 0 Å². The van der Waals surface area contributed by atoms with Gasteiger partial charge in [0.2, 0.25) is 11.9 Å². The van der Waals surface area contributed by atoms with E-state index >= 15 is 0 Å². The average Bonchev–Trinajstić information content (AvgIpc) is 2.62. The first kappa shape index (κ1) is 17.4. The van der Waals surface area contributed by atoms with E-state index in [-0.39, 0.29) is 5.56 Å². The van der Waals surface area contributed by atoms with Crippen LogP contribution in [-0.2, 0) is 0 Å². The Morgan fingerprint density at radius 3 is 2.17 bits per heavy atom. The number of halogens is 2. The molecular formula is C21H27F2N. The summed E-state index contributed by atoms with van der Waals surface area (Å²) in [5.74, 6) is 7.54. The van der Waals surface area contributed by atoms with E-state index in [4.69, 9.17) is 0 Å². The largest absolute Gasteiger partial charge is 0.231 e. The lowest BCUT2D eigenvalue weighted by Gasteiger charge is -2.36. The van der Waals surface area contributed by atoms with E-state index in [9.17, 15) is 8.78 Å². The van der Waals surface area contributed by atoms with Crippen LogP contribution >= 0.6 is 0 Å². The van der Waals surface area contributed by atoms with Gasteiger partial charge in [0.05, 0.1) is 5.56 Å². The van der Waals surface area contributed by atoms with E-state index in [1.807, 2.05) is 0 Å². The monoisotopic (exact) mass is 331 g/mol. The molecule has 0 unspecified atom stereocenters. The Morgan fingerprint density at radius 1 is 0.958 bits per heavy atom. The van der Waals surface area contributed by atoms with Crippen molar-refractivity contribution in [3.63, 3.8) is 0 Å². The third-order valence-electron chi connectivity index (χ3n) is 6.13. The maximum absolute atomic E-state index is 13.5. The number of rotatable bonds is 2. The second-order valence-corrected chi connectivity index (χ2v) is 7.54. The molecule has 1 nitrogen and oxygen atoms in total. The topological polar surface area (TPSA) is 12.9 Å². The van der Waals surface area contributed by atoms with E-state index in [2.05, 4.69) is 23.7 Å². The van der Waals surface area contributed by atoms with Gasteiger partial charge in [-0.05, 0) is 68.4 Å². The zero-order valence-corrected chi connectivity index (χ0v) is 14.5. The van der Waals surface area contributed by atoms with Crippen LogP contribution in [0.2, 0.25) is 0 Å². The number of nitrogens with zero attached hydrogens (tertiary/aromatic N) is 1. The van der Waals surface area contributed by atoms with Crippen molar-refractivity contribution in [2.75, 3.05) is 0 Å². The van der Waals surface area contributed by atoms with Gasteiger partial charge in [-0.2, -0.15) is 13.8 Å². The first-order valence-corrected chi connectivity index (χ1v) is 9.49. The second kappa shape index (κ2) is 8.10. The van der Waals surface area contributed by atoms with Crippen LogP contribution in [-0.4, -0.2) is 4.98 Å². The lowest BCUT2D eigenvalue weighted by molar-refractivity contribution is 0.156. The zero-order chi connectivity index (χ0) is 16.9. The molecule has 2 fully saturated rings. The Balaban J connectivity index is 1.50. The molecule has 0 saturated heterocycles. The molecular weight excluding hydrogens is 304 g/mol. The molecule has 3 rings (SSSR count). The Morgan fingerprint density at radius 2 is 1.58 bits per heavy atom. The lowest BCUT2D eigenvalue weighted by Crippen LogP contribution is -2.25. The summed E-state index contributed by atoms with van der Waals surface area (Å²) < 4.78 is 26.3. The number of hydrogen-bond donors (Lipinski definition) is 0. The molecule has 130 valence electrons. The minimum Gasteiger partial charge on any atom is -0.189 e. The summed E-state index contributed by atoms with van der Waals surface area (Å²) in [6.07, 6.45) is 11.7. The van der Waals surface area contributed by atoms with Gasteiger partial charge in [-0.15, -0.1) is 0 Å². The van der Waals surface area contributed by atoms with Crippen molar-refractivity contribution in [3.8, 4) is 11.8 Å². The molecule has 2 aliphatic carbocycles. The van der Waals surface area contributed by atoms with E-state index in [1.165, 1.54) is 51.0 Å². The highest BCUT2D eigenvalue weighted by molar-refractivity contribution is 5.33. The van der Waals surface area contributed by atoms with Gasteiger partial charge in [-0.25, -0.2) is 0 Å². The molecule has 2 saturated carbocycles. The highest BCUT2D eigenvalue weighted by Gasteiger charge is 2.29. The molecule has 0 aliphatic heterocycles. The molecule has 1 heterocycles. The molecule has 0 radical (unpaired) electrons. The van der Waals surface area contributed by atoms with Crippen molar-refractivity contribution in [1.29, 1.82) is 0 Å². The first-order chi connectivity index (χ1) is 11.7. The minimum absolute atomic E-state index is 0.205. The fraction of sp³-hybridized carbons (Fsp3) is 0.667. The first-order valence-electron chi connectivity index (χ1n) is 9.49. The molecule has 1 aromatic heterocycles. The smallest absolute Gasteiger partial charge is 0.189 e. The van der Waals surface area contributed by atoms with Gasteiger partial charge in [0.1, 0.15) is 0 Å². The van der Waals surface area contributed by atoms with Crippen molar-refractivity contribution >= 4 is 0 Å². The predicted octanol–water partition coefficient (Wildman–Crippen LogP) is 5.73. The maximum atomic E-state index is 13.5.